The van der Waals surface area contributed by atoms with Crippen LogP contribution in [0.4, 0.5) is 0 Å². The lowest BCUT2D eigenvalue weighted by atomic mass is 10.1. The van der Waals surface area contributed by atoms with Gasteiger partial charge in [-0.2, -0.15) is 5.26 Å². The number of hydrogen-bond acceptors (Lipinski definition) is 4. The van der Waals surface area contributed by atoms with Crippen molar-refractivity contribution in [1.29, 1.82) is 5.26 Å². The molecule has 1 heterocycles. The lowest BCUT2D eigenvalue weighted by molar-refractivity contribution is 0.306. The van der Waals surface area contributed by atoms with Gasteiger partial charge in [-0.3, -0.25) is 0 Å². The fraction of sp³-hybridized carbons (Fsp3) is 0.0435. The number of aromatic nitrogens is 1. The smallest absolute Gasteiger partial charge is 0.135 e. The van der Waals surface area contributed by atoms with Crippen LogP contribution < -0.4 is 4.74 Å². The summed E-state index contributed by atoms with van der Waals surface area (Å²) >= 11 is 4.96. The average Bonchev–Trinajstić information content (AvgIpc) is 3.16. The summed E-state index contributed by atoms with van der Waals surface area (Å²) in [6, 6.07) is 25.9. The van der Waals surface area contributed by atoms with Crippen LogP contribution in [0, 0.1) is 11.3 Å². The standard InChI is InChI=1S/C23H15BrN2OS/c24-19-9-5-17(6-10-19)15-27-20-11-7-16(8-12-20)13-18(14-25)23-26-21-3-1-2-4-22(21)28-23/h1-13H,15H2/b18-13+. The monoisotopic (exact) mass is 446 g/mol. The minimum absolute atomic E-state index is 0.512. The molecule has 136 valence electrons. The highest BCUT2D eigenvalue weighted by molar-refractivity contribution is 9.10. The highest BCUT2D eigenvalue weighted by Crippen LogP contribution is 2.28. The number of hydrogen-bond donors (Lipinski definition) is 0. The molecular formula is C23H15BrN2OS. The van der Waals surface area contributed by atoms with Crippen molar-refractivity contribution in [1.82, 2.24) is 4.98 Å². The Morgan fingerprint density at radius 2 is 1.79 bits per heavy atom. The first-order valence-corrected chi connectivity index (χ1v) is 10.3. The Kier molecular flexibility index (Phi) is 5.52. The molecule has 0 spiro atoms. The van der Waals surface area contributed by atoms with E-state index in [1.807, 2.05) is 78.9 Å². The number of fused-ring (bicyclic) bond motifs is 1. The van der Waals surface area contributed by atoms with Gasteiger partial charge in [0.1, 0.15) is 23.4 Å². The van der Waals surface area contributed by atoms with Crippen molar-refractivity contribution in [3.05, 3.63) is 93.4 Å². The molecule has 5 heteroatoms. The summed E-state index contributed by atoms with van der Waals surface area (Å²) in [4.78, 5) is 4.57. The molecule has 0 fully saturated rings. The molecule has 4 aromatic rings. The molecule has 4 rings (SSSR count). The summed E-state index contributed by atoms with van der Waals surface area (Å²) < 4.78 is 7.96. The second-order valence-corrected chi connectivity index (χ2v) is 8.09. The summed E-state index contributed by atoms with van der Waals surface area (Å²) in [5.74, 6) is 0.790. The third-order valence-electron chi connectivity index (χ3n) is 4.15. The van der Waals surface area contributed by atoms with E-state index in [1.165, 1.54) is 11.3 Å². The lowest BCUT2D eigenvalue weighted by Gasteiger charge is -2.07. The van der Waals surface area contributed by atoms with Gasteiger partial charge in [0.15, 0.2) is 0 Å². The van der Waals surface area contributed by atoms with E-state index in [0.29, 0.717) is 12.2 Å². The number of nitrogens with zero attached hydrogens (tertiary/aromatic N) is 2. The minimum Gasteiger partial charge on any atom is -0.489 e. The predicted octanol–water partition coefficient (Wildman–Crippen LogP) is 6.70. The number of nitriles is 1. The quantitative estimate of drug-likeness (QED) is 0.320. The third kappa shape index (κ3) is 4.30. The molecule has 0 saturated carbocycles. The van der Waals surface area contributed by atoms with E-state index in [-0.39, 0.29) is 0 Å². The van der Waals surface area contributed by atoms with Crippen molar-refractivity contribution in [2.75, 3.05) is 0 Å². The largest absolute Gasteiger partial charge is 0.489 e. The normalized spacial score (nSPS) is 11.4. The fourth-order valence-corrected chi connectivity index (χ4v) is 3.90. The summed E-state index contributed by atoms with van der Waals surface area (Å²) in [6.07, 6.45) is 1.86. The summed E-state index contributed by atoms with van der Waals surface area (Å²) in [6.45, 7) is 0.512. The Morgan fingerprint density at radius 1 is 1.04 bits per heavy atom. The fourth-order valence-electron chi connectivity index (χ4n) is 2.70. The Morgan fingerprint density at radius 3 is 2.50 bits per heavy atom. The zero-order chi connectivity index (χ0) is 19.3. The second kappa shape index (κ2) is 8.39. The number of rotatable bonds is 5. The van der Waals surface area contributed by atoms with E-state index in [2.05, 4.69) is 27.0 Å². The Bertz CT molecular complexity index is 1140. The number of ether oxygens (including phenoxy) is 1. The van der Waals surface area contributed by atoms with Gasteiger partial charge in [-0.15, -0.1) is 11.3 Å². The molecule has 0 N–H and O–H groups in total. The maximum Gasteiger partial charge on any atom is 0.135 e. The molecule has 3 nitrogen and oxygen atoms in total. The van der Waals surface area contributed by atoms with E-state index in [9.17, 15) is 5.26 Å². The van der Waals surface area contributed by atoms with E-state index in [0.717, 1.165) is 36.6 Å². The van der Waals surface area contributed by atoms with Crippen molar-refractivity contribution >= 4 is 49.1 Å². The van der Waals surface area contributed by atoms with E-state index < -0.39 is 0 Å². The molecule has 0 atom stereocenters. The van der Waals surface area contributed by atoms with E-state index in [1.54, 1.807) is 0 Å². The van der Waals surface area contributed by atoms with E-state index in [4.69, 9.17) is 4.74 Å². The van der Waals surface area contributed by atoms with Crippen LogP contribution >= 0.6 is 27.3 Å². The molecule has 1 aromatic heterocycles. The zero-order valence-corrected chi connectivity index (χ0v) is 17.2. The summed E-state index contributed by atoms with van der Waals surface area (Å²) in [5.41, 5.74) is 3.52. The van der Waals surface area contributed by atoms with Gasteiger partial charge in [0.05, 0.1) is 15.8 Å². The number of allylic oxidation sites excluding steroid dienone is 1. The number of para-hydroxylation sites is 1. The zero-order valence-electron chi connectivity index (χ0n) is 14.8. The van der Waals surface area contributed by atoms with Crippen LogP contribution in [0.15, 0.2) is 77.3 Å². The van der Waals surface area contributed by atoms with Gasteiger partial charge >= 0.3 is 0 Å². The van der Waals surface area contributed by atoms with Gasteiger partial charge in [-0.25, -0.2) is 4.98 Å². The van der Waals surface area contributed by atoms with Crippen LogP contribution in [-0.2, 0) is 6.61 Å². The number of halogens is 1. The van der Waals surface area contributed by atoms with Gasteiger partial charge in [-0.1, -0.05) is 52.3 Å². The molecule has 0 amide bonds. The molecule has 0 saturated heterocycles. The van der Waals surface area contributed by atoms with Crippen LogP contribution in [-0.4, -0.2) is 4.98 Å². The van der Waals surface area contributed by atoms with Gasteiger partial charge in [0.2, 0.25) is 0 Å². The molecule has 0 bridgehead atoms. The highest BCUT2D eigenvalue weighted by atomic mass is 79.9. The Labute approximate surface area is 175 Å². The van der Waals surface area contributed by atoms with Gasteiger partial charge in [0, 0.05) is 4.47 Å². The van der Waals surface area contributed by atoms with Crippen LogP contribution in [0.25, 0.3) is 21.9 Å². The SMILES string of the molecule is N#C/C(=C\c1ccc(OCc2ccc(Br)cc2)cc1)c1nc2ccccc2s1. The number of thiazole rings is 1. The molecule has 0 radical (unpaired) electrons. The van der Waals surface area contributed by atoms with Gasteiger partial charge < -0.3 is 4.74 Å². The first-order chi connectivity index (χ1) is 13.7. The summed E-state index contributed by atoms with van der Waals surface area (Å²) in [5, 5.41) is 10.3. The lowest BCUT2D eigenvalue weighted by Crippen LogP contribution is -1.94. The highest BCUT2D eigenvalue weighted by Gasteiger charge is 2.08. The molecule has 28 heavy (non-hydrogen) atoms. The van der Waals surface area contributed by atoms with Crippen LogP contribution in [0.1, 0.15) is 16.1 Å². The molecular weight excluding hydrogens is 432 g/mol. The molecule has 0 unspecified atom stereocenters. The van der Waals surface area contributed by atoms with Crippen molar-refractivity contribution < 1.29 is 4.74 Å². The first kappa shape index (κ1) is 18.4. The first-order valence-electron chi connectivity index (χ1n) is 8.66. The van der Waals surface area contributed by atoms with E-state index >= 15 is 0 Å². The van der Waals surface area contributed by atoms with Gasteiger partial charge in [0.25, 0.3) is 0 Å². The third-order valence-corrected chi connectivity index (χ3v) is 5.75. The maximum absolute atomic E-state index is 9.57. The summed E-state index contributed by atoms with van der Waals surface area (Å²) in [7, 11) is 0. The number of benzene rings is 3. The molecule has 0 aliphatic carbocycles. The second-order valence-electron chi connectivity index (χ2n) is 6.14. The van der Waals surface area contributed by atoms with Crippen LogP contribution in [0.2, 0.25) is 0 Å². The Balaban J connectivity index is 1.49. The maximum atomic E-state index is 9.57. The van der Waals surface area contributed by atoms with Crippen molar-refractivity contribution in [3.63, 3.8) is 0 Å². The van der Waals surface area contributed by atoms with Crippen LogP contribution in [0.5, 0.6) is 5.75 Å². The molecule has 0 aliphatic heterocycles. The van der Waals surface area contributed by atoms with Crippen molar-refractivity contribution in [3.8, 4) is 11.8 Å². The molecule has 3 aromatic carbocycles. The minimum atomic E-state index is 0.512. The van der Waals surface area contributed by atoms with Gasteiger partial charge in [-0.05, 0) is 53.6 Å². The predicted molar refractivity (Wildman–Crippen MR) is 118 cm³/mol. The molecule has 0 aliphatic rings. The topological polar surface area (TPSA) is 45.9 Å². The van der Waals surface area contributed by atoms with Crippen molar-refractivity contribution in [2.24, 2.45) is 0 Å². The Hall–Kier alpha value is -2.94. The van der Waals surface area contributed by atoms with Crippen LogP contribution in [0.3, 0.4) is 0 Å². The average molecular weight is 447 g/mol. The van der Waals surface area contributed by atoms with Crippen molar-refractivity contribution in [2.45, 2.75) is 6.61 Å².